The first-order valence-electron chi connectivity index (χ1n) is 11.9. The minimum absolute atomic E-state index is 0.0490. The number of carbonyl (C=O) groups excluding carboxylic acids is 2. The summed E-state index contributed by atoms with van der Waals surface area (Å²) in [7, 11) is 1.63. The summed E-state index contributed by atoms with van der Waals surface area (Å²) < 4.78 is 8.11. The zero-order chi connectivity index (χ0) is 24.6. The zero-order valence-corrected chi connectivity index (χ0v) is 20.3. The van der Waals surface area contributed by atoms with E-state index < -0.39 is 11.5 Å². The van der Waals surface area contributed by atoms with Crippen molar-refractivity contribution in [3.63, 3.8) is 0 Å². The second-order valence-corrected chi connectivity index (χ2v) is 9.68. The molecule has 0 aromatic carbocycles. The molecular weight excluding hydrogens is 438 g/mol. The smallest absolute Gasteiger partial charge is 0.378 e. The molecule has 3 heterocycles. The van der Waals surface area contributed by atoms with Gasteiger partial charge in [-0.2, -0.15) is 4.57 Å². The van der Waals surface area contributed by atoms with Crippen molar-refractivity contribution >= 4 is 23.5 Å². The van der Waals surface area contributed by atoms with Crippen molar-refractivity contribution in [3.05, 3.63) is 33.3 Å². The molecule has 1 aliphatic carbocycles. The highest BCUT2D eigenvalue weighted by Gasteiger charge is 2.35. The predicted octanol–water partition coefficient (Wildman–Crippen LogP) is 1.13. The van der Waals surface area contributed by atoms with E-state index in [9.17, 15) is 19.5 Å². The topological polar surface area (TPSA) is 120 Å². The minimum Gasteiger partial charge on any atom is -0.477 e. The van der Waals surface area contributed by atoms with Crippen LogP contribution in [0, 0.1) is 12.8 Å². The summed E-state index contributed by atoms with van der Waals surface area (Å²) in [6.07, 6.45) is 6.75. The highest BCUT2D eigenvalue weighted by Crippen LogP contribution is 2.22. The number of H-pyrrole nitrogens is 1. The number of rotatable bonds is 8. The summed E-state index contributed by atoms with van der Waals surface area (Å²) in [5, 5.41) is 16.9. The fraction of sp³-hybridized carbons (Fsp3) is 0.583. The van der Waals surface area contributed by atoms with Crippen LogP contribution in [0.1, 0.15) is 61.1 Å². The van der Waals surface area contributed by atoms with Crippen molar-refractivity contribution in [2.75, 3.05) is 20.3 Å². The standard InChI is InChI=1S/C24H33N5O5/c1-14(2)12-28-22-18(9-10-19(30)27-11-5-6-17(27)13-34-4)15(3)26-29(22)24(33)20(23(28)32)21(31)25-16-7-8-16/h9-10,14,16-17H,5-8,11-13H2,1-4H3,(H2,25,31,32,33)/p+1/b10-9+/t17-/m1/s1. The normalized spacial score (nSPS) is 18.5. The number of aromatic hydroxyl groups is 1. The Morgan fingerprint density at radius 3 is 2.71 bits per heavy atom. The summed E-state index contributed by atoms with van der Waals surface area (Å²) in [5.74, 6) is -0.934. The summed E-state index contributed by atoms with van der Waals surface area (Å²) >= 11 is 0. The van der Waals surface area contributed by atoms with E-state index in [1.807, 2.05) is 13.8 Å². The Morgan fingerprint density at radius 2 is 2.06 bits per heavy atom. The molecule has 0 spiro atoms. The van der Waals surface area contributed by atoms with Gasteiger partial charge >= 0.3 is 17.1 Å². The molecule has 0 radical (unpaired) electrons. The molecule has 3 N–H and O–H groups in total. The van der Waals surface area contributed by atoms with Crippen molar-refractivity contribution in [2.24, 2.45) is 5.92 Å². The number of fused-ring (bicyclic) bond motifs is 1. The lowest BCUT2D eigenvalue weighted by Gasteiger charge is -2.22. The fourth-order valence-electron chi connectivity index (χ4n) is 4.59. The van der Waals surface area contributed by atoms with Crippen molar-refractivity contribution in [1.82, 2.24) is 19.8 Å². The maximum Gasteiger partial charge on any atom is 0.378 e. The third-order valence-corrected chi connectivity index (χ3v) is 6.39. The van der Waals surface area contributed by atoms with Gasteiger partial charge in [-0.3, -0.25) is 9.59 Å². The second kappa shape index (κ2) is 9.61. The lowest BCUT2D eigenvalue weighted by Crippen LogP contribution is -2.46. The number of likely N-dealkylation sites (tertiary alicyclic amines) is 1. The highest BCUT2D eigenvalue weighted by atomic mass is 16.5. The van der Waals surface area contributed by atoms with Gasteiger partial charge in [-0.25, -0.2) is 9.89 Å². The molecule has 1 atom stereocenters. The van der Waals surface area contributed by atoms with E-state index in [0.29, 0.717) is 36.6 Å². The number of methoxy groups -OCH3 is 1. The molecule has 10 nitrogen and oxygen atoms in total. The summed E-state index contributed by atoms with van der Waals surface area (Å²) in [5.41, 5.74) is 0.762. The first kappa shape index (κ1) is 24.0. The molecule has 1 aliphatic heterocycles. The molecule has 0 unspecified atom stereocenters. The lowest BCUT2D eigenvalue weighted by atomic mass is 10.1. The van der Waals surface area contributed by atoms with Crippen molar-refractivity contribution in [3.8, 4) is 5.88 Å². The lowest BCUT2D eigenvalue weighted by molar-refractivity contribution is -0.686. The van der Waals surface area contributed by atoms with E-state index in [-0.39, 0.29) is 35.4 Å². The van der Waals surface area contributed by atoms with Crippen molar-refractivity contribution in [1.29, 1.82) is 0 Å². The first-order valence-corrected chi connectivity index (χ1v) is 11.9. The van der Waals surface area contributed by atoms with Gasteiger partial charge in [-0.1, -0.05) is 18.4 Å². The second-order valence-electron chi connectivity index (χ2n) is 9.68. The van der Waals surface area contributed by atoms with Gasteiger partial charge in [0.05, 0.1) is 30.5 Å². The van der Waals surface area contributed by atoms with Gasteiger partial charge in [0.25, 0.3) is 5.91 Å². The summed E-state index contributed by atoms with van der Waals surface area (Å²) in [6, 6.07) is 0.101. The van der Waals surface area contributed by atoms with E-state index in [4.69, 9.17) is 4.74 Å². The van der Waals surface area contributed by atoms with E-state index in [2.05, 4.69) is 10.4 Å². The molecule has 1 saturated heterocycles. The van der Waals surface area contributed by atoms with E-state index in [0.717, 1.165) is 25.7 Å². The number of ether oxygens (including phenoxy) is 1. The Balaban J connectivity index is 1.78. The van der Waals surface area contributed by atoms with Crippen LogP contribution < -0.4 is 15.4 Å². The molecule has 34 heavy (non-hydrogen) atoms. The Morgan fingerprint density at radius 1 is 1.32 bits per heavy atom. The molecule has 2 fully saturated rings. The van der Waals surface area contributed by atoms with Gasteiger partial charge in [-0.05, 0) is 44.6 Å². The summed E-state index contributed by atoms with van der Waals surface area (Å²) in [4.78, 5) is 40.7. The molecule has 184 valence electrons. The maximum absolute atomic E-state index is 13.2. The van der Waals surface area contributed by atoms with Crippen LogP contribution in [-0.4, -0.2) is 63.8 Å². The quantitative estimate of drug-likeness (QED) is 0.393. The number of aryl methyl sites for hydroxylation is 1. The Kier molecular flexibility index (Phi) is 6.79. The Bertz CT molecular complexity index is 1190. The number of hydrogen-bond acceptors (Lipinski definition) is 5. The van der Waals surface area contributed by atoms with E-state index in [1.54, 1.807) is 29.6 Å². The number of nitrogens with one attached hydrogen (secondary N) is 2. The minimum atomic E-state index is -0.626. The predicted molar refractivity (Wildman–Crippen MR) is 126 cm³/mol. The Labute approximate surface area is 198 Å². The molecular formula is C24H34N5O5+. The van der Waals surface area contributed by atoms with Gasteiger partial charge in [-0.15, -0.1) is 0 Å². The monoisotopic (exact) mass is 472 g/mol. The number of carbonyl (C=O) groups is 2. The summed E-state index contributed by atoms with van der Waals surface area (Å²) in [6.45, 7) is 7.32. The third-order valence-electron chi connectivity index (χ3n) is 6.39. The number of hydrogen-bond donors (Lipinski definition) is 3. The average molecular weight is 473 g/mol. The number of aromatic nitrogens is 3. The van der Waals surface area contributed by atoms with Crippen molar-refractivity contribution in [2.45, 2.75) is 65.1 Å². The third kappa shape index (κ3) is 4.59. The van der Waals surface area contributed by atoms with Gasteiger partial charge in [0.15, 0.2) is 0 Å². The molecule has 2 amide bonds. The van der Waals surface area contributed by atoms with Gasteiger partial charge in [0.2, 0.25) is 11.5 Å². The molecule has 2 aliphatic rings. The maximum atomic E-state index is 13.2. The molecule has 4 rings (SSSR count). The molecule has 2 aromatic rings. The van der Waals surface area contributed by atoms with Crippen LogP contribution in [0.15, 0.2) is 10.9 Å². The van der Waals surface area contributed by atoms with Crippen LogP contribution in [0.5, 0.6) is 5.88 Å². The Hall–Kier alpha value is -3.14. The average Bonchev–Trinajstić information content (AvgIpc) is 3.35. The van der Waals surface area contributed by atoms with Crippen LogP contribution in [-0.2, 0) is 16.1 Å². The van der Waals surface area contributed by atoms with Crippen LogP contribution in [0.25, 0.3) is 11.7 Å². The van der Waals surface area contributed by atoms with Crippen LogP contribution in [0.2, 0.25) is 0 Å². The van der Waals surface area contributed by atoms with E-state index >= 15 is 0 Å². The molecule has 1 saturated carbocycles. The van der Waals surface area contributed by atoms with Crippen LogP contribution >= 0.6 is 0 Å². The van der Waals surface area contributed by atoms with Crippen LogP contribution in [0.3, 0.4) is 0 Å². The molecule has 0 bridgehead atoms. The first-order chi connectivity index (χ1) is 16.2. The fourth-order valence-corrected chi connectivity index (χ4v) is 4.59. The zero-order valence-electron chi connectivity index (χ0n) is 20.3. The van der Waals surface area contributed by atoms with Gasteiger partial charge < -0.3 is 20.1 Å². The van der Waals surface area contributed by atoms with Crippen LogP contribution in [0.4, 0.5) is 0 Å². The van der Waals surface area contributed by atoms with E-state index in [1.165, 1.54) is 10.6 Å². The number of nitrogens with zero attached hydrogens (tertiary/aromatic N) is 3. The van der Waals surface area contributed by atoms with Gasteiger partial charge in [0.1, 0.15) is 0 Å². The molecule has 2 aromatic heterocycles. The largest absolute Gasteiger partial charge is 0.477 e. The van der Waals surface area contributed by atoms with Gasteiger partial charge in [0, 0.05) is 25.8 Å². The highest BCUT2D eigenvalue weighted by molar-refractivity contribution is 5.96. The van der Waals surface area contributed by atoms with Crippen molar-refractivity contribution < 1.29 is 24.0 Å². The number of aromatic amines is 1. The molecule has 10 heteroatoms. The number of amides is 2. The SMILES string of the molecule is COC[C@H]1CCCN1C(=O)/C=C/c1c(C)[nH]n2c(=O)c(C(=O)NC3CC3)c(O)[n+](CC(C)C)c12.